The maximum absolute atomic E-state index is 13.4. The summed E-state index contributed by atoms with van der Waals surface area (Å²) in [6, 6.07) is 12.3. The minimum Gasteiger partial charge on any atom is -0.494 e. The van der Waals surface area contributed by atoms with Gasteiger partial charge in [0, 0.05) is 6.42 Å². The van der Waals surface area contributed by atoms with E-state index in [-0.39, 0.29) is 6.42 Å². The highest BCUT2D eigenvalue weighted by Gasteiger charge is 2.13. The average molecular weight is 349 g/mol. The van der Waals surface area contributed by atoms with E-state index in [4.69, 9.17) is 9.47 Å². The maximum atomic E-state index is 13.4. The van der Waals surface area contributed by atoms with Crippen molar-refractivity contribution in [2.45, 2.75) is 12.8 Å². The molecule has 132 valence electrons. The number of carbonyl (C=O) groups excluding carboxylic acids is 2. The monoisotopic (exact) mass is 349 g/mol. The third-order valence-corrected chi connectivity index (χ3v) is 3.13. The zero-order valence-corrected chi connectivity index (χ0v) is 13.3. The van der Waals surface area contributed by atoms with Gasteiger partial charge in [0.1, 0.15) is 23.1 Å². The molecule has 0 aliphatic carbocycles. The quantitative estimate of drug-likeness (QED) is 0.587. The molecular weight excluding hydrogens is 332 g/mol. The number of anilines is 1. The van der Waals surface area contributed by atoms with Gasteiger partial charge in [-0.25, -0.2) is 8.78 Å². The third-order valence-electron chi connectivity index (χ3n) is 3.13. The molecule has 0 atom stereocenters. The molecule has 2 aromatic carbocycles. The lowest BCUT2D eigenvalue weighted by Gasteiger charge is -2.08. The number of halogens is 2. The zero-order valence-electron chi connectivity index (χ0n) is 13.3. The first-order valence-corrected chi connectivity index (χ1v) is 7.63. The molecule has 0 aliphatic rings. The van der Waals surface area contributed by atoms with Crippen molar-refractivity contribution in [1.29, 1.82) is 0 Å². The summed E-state index contributed by atoms with van der Waals surface area (Å²) in [7, 11) is 0. The van der Waals surface area contributed by atoms with E-state index in [1.807, 2.05) is 23.5 Å². The number of amides is 1. The largest absolute Gasteiger partial charge is 0.494 e. The predicted octanol–water partition coefficient (Wildman–Crippen LogP) is 3.31. The van der Waals surface area contributed by atoms with Crippen molar-refractivity contribution in [3.8, 4) is 5.75 Å². The van der Waals surface area contributed by atoms with Crippen LogP contribution in [0, 0.1) is 11.6 Å². The van der Waals surface area contributed by atoms with E-state index >= 15 is 0 Å². The van der Waals surface area contributed by atoms with Gasteiger partial charge >= 0.3 is 5.97 Å². The second kappa shape index (κ2) is 9.36. The van der Waals surface area contributed by atoms with Gasteiger partial charge in [-0.05, 0) is 30.7 Å². The summed E-state index contributed by atoms with van der Waals surface area (Å²) >= 11 is 0. The van der Waals surface area contributed by atoms with E-state index in [1.54, 1.807) is 12.1 Å². The first-order chi connectivity index (χ1) is 12.1. The molecule has 2 rings (SSSR count). The number of benzene rings is 2. The smallest absolute Gasteiger partial charge is 0.306 e. The number of nitrogens with one attached hydrogen (secondary N) is 1. The molecule has 0 unspecified atom stereocenters. The SMILES string of the molecule is O=C(COC(=O)CCCOc1ccccc1)Nc1c(F)cccc1F. The fraction of sp³-hybridized carbons (Fsp3) is 0.222. The van der Waals surface area contributed by atoms with Crippen molar-refractivity contribution in [2.75, 3.05) is 18.5 Å². The Morgan fingerprint density at radius 1 is 0.960 bits per heavy atom. The third kappa shape index (κ3) is 6.21. The Labute approximate surface area is 143 Å². The molecule has 25 heavy (non-hydrogen) atoms. The molecule has 2 aromatic rings. The molecule has 0 saturated carbocycles. The van der Waals surface area contributed by atoms with Crippen LogP contribution in [0.4, 0.5) is 14.5 Å². The van der Waals surface area contributed by atoms with Crippen molar-refractivity contribution in [3.63, 3.8) is 0 Å². The summed E-state index contributed by atoms with van der Waals surface area (Å²) in [4.78, 5) is 23.1. The van der Waals surface area contributed by atoms with Crippen LogP contribution in [0.15, 0.2) is 48.5 Å². The van der Waals surface area contributed by atoms with Crippen molar-refractivity contribution < 1.29 is 27.8 Å². The van der Waals surface area contributed by atoms with E-state index in [1.165, 1.54) is 6.07 Å². The molecule has 0 bridgehead atoms. The molecule has 0 spiro atoms. The number of hydrogen-bond donors (Lipinski definition) is 1. The van der Waals surface area contributed by atoms with E-state index in [0.717, 1.165) is 12.1 Å². The van der Waals surface area contributed by atoms with Crippen molar-refractivity contribution in [2.24, 2.45) is 0 Å². The van der Waals surface area contributed by atoms with Gasteiger partial charge in [-0.15, -0.1) is 0 Å². The predicted molar refractivity (Wildman–Crippen MR) is 87.1 cm³/mol. The summed E-state index contributed by atoms with van der Waals surface area (Å²) < 4.78 is 36.9. The number of para-hydroxylation sites is 2. The molecule has 0 aromatic heterocycles. The fourth-order valence-electron chi connectivity index (χ4n) is 1.93. The minimum absolute atomic E-state index is 0.0637. The molecule has 0 saturated heterocycles. The van der Waals surface area contributed by atoms with Crippen molar-refractivity contribution >= 4 is 17.6 Å². The molecule has 7 heteroatoms. The van der Waals surface area contributed by atoms with Crippen LogP contribution in [0.3, 0.4) is 0 Å². The van der Waals surface area contributed by atoms with Gasteiger partial charge in [-0.1, -0.05) is 24.3 Å². The van der Waals surface area contributed by atoms with E-state index in [0.29, 0.717) is 18.8 Å². The average Bonchev–Trinajstić information content (AvgIpc) is 2.61. The molecule has 1 amide bonds. The number of carbonyl (C=O) groups is 2. The van der Waals surface area contributed by atoms with Gasteiger partial charge < -0.3 is 14.8 Å². The van der Waals surface area contributed by atoms with Crippen LogP contribution >= 0.6 is 0 Å². The van der Waals surface area contributed by atoms with E-state index < -0.39 is 35.8 Å². The number of ether oxygens (including phenoxy) is 2. The van der Waals surface area contributed by atoms with Gasteiger partial charge in [-0.2, -0.15) is 0 Å². The molecule has 5 nitrogen and oxygen atoms in total. The summed E-state index contributed by atoms with van der Waals surface area (Å²) in [5, 5.41) is 2.03. The molecule has 0 fully saturated rings. The van der Waals surface area contributed by atoms with Gasteiger partial charge in [0.15, 0.2) is 6.61 Å². The normalized spacial score (nSPS) is 10.2. The molecule has 0 heterocycles. The maximum Gasteiger partial charge on any atom is 0.306 e. The van der Waals surface area contributed by atoms with E-state index in [2.05, 4.69) is 0 Å². The Morgan fingerprint density at radius 2 is 1.64 bits per heavy atom. The Morgan fingerprint density at radius 3 is 2.32 bits per heavy atom. The lowest BCUT2D eigenvalue weighted by molar-refractivity contribution is -0.147. The number of rotatable bonds is 8. The van der Waals surface area contributed by atoms with Crippen LogP contribution in [-0.4, -0.2) is 25.1 Å². The Bertz CT molecular complexity index is 702. The van der Waals surface area contributed by atoms with Crippen molar-refractivity contribution in [3.05, 3.63) is 60.2 Å². The first-order valence-electron chi connectivity index (χ1n) is 7.63. The van der Waals surface area contributed by atoms with Gasteiger partial charge in [0.05, 0.1) is 6.61 Å². The van der Waals surface area contributed by atoms with Crippen molar-refractivity contribution in [1.82, 2.24) is 0 Å². The Kier molecular flexibility index (Phi) is 6.88. The minimum atomic E-state index is -0.905. The second-order valence-electron chi connectivity index (χ2n) is 5.07. The van der Waals surface area contributed by atoms with Crippen LogP contribution in [-0.2, 0) is 14.3 Å². The van der Waals surface area contributed by atoms with Crippen LogP contribution in [0.25, 0.3) is 0 Å². The second-order valence-corrected chi connectivity index (χ2v) is 5.07. The lowest BCUT2D eigenvalue weighted by atomic mass is 10.3. The van der Waals surface area contributed by atoms with Crippen LogP contribution in [0.5, 0.6) is 5.75 Å². The highest BCUT2D eigenvalue weighted by Crippen LogP contribution is 2.17. The highest BCUT2D eigenvalue weighted by atomic mass is 19.1. The van der Waals surface area contributed by atoms with Gasteiger partial charge in [-0.3, -0.25) is 9.59 Å². The molecular formula is C18H17F2NO4. The van der Waals surface area contributed by atoms with Gasteiger partial charge in [0.25, 0.3) is 5.91 Å². The van der Waals surface area contributed by atoms with Crippen LogP contribution < -0.4 is 10.1 Å². The summed E-state index contributed by atoms with van der Waals surface area (Å²) in [5.74, 6) is -2.53. The Balaban J connectivity index is 1.65. The summed E-state index contributed by atoms with van der Waals surface area (Å²) in [5.41, 5.74) is -0.570. The topological polar surface area (TPSA) is 64.6 Å². The molecule has 1 N–H and O–H groups in total. The van der Waals surface area contributed by atoms with Crippen LogP contribution in [0.1, 0.15) is 12.8 Å². The lowest BCUT2D eigenvalue weighted by Crippen LogP contribution is -2.22. The zero-order chi connectivity index (χ0) is 18.1. The molecule has 0 radical (unpaired) electrons. The standard InChI is InChI=1S/C18H17F2NO4/c19-14-8-4-9-15(20)18(14)21-16(22)12-25-17(23)10-5-11-24-13-6-2-1-3-7-13/h1-4,6-9H,5,10-12H2,(H,21,22). The number of hydrogen-bond acceptors (Lipinski definition) is 4. The highest BCUT2D eigenvalue weighted by molar-refractivity contribution is 5.93. The number of esters is 1. The first kappa shape index (κ1) is 18.4. The van der Waals surface area contributed by atoms with Crippen LogP contribution in [0.2, 0.25) is 0 Å². The summed E-state index contributed by atoms with van der Waals surface area (Å²) in [6.07, 6.45) is 0.478. The van der Waals surface area contributed by atoms with E-state index in [9.17, 15) is 18.4 Å². The fourth-order valence-corrected chi connectivity index (χ4v) is 1.93. The van der Waals surface area contributed by atoms with Gasteiger partial charge in [0.2, 0.25) is 0 Å². The summed E-state index contributed by atoms with van der Waals surface area (Å²) in [6.45, 7) is -0.294. The molecule has 0 aliphatic heterocycles. The Hall–Kier alpha value is -2.96.